The smallest absolute Gasteiger partial charge is 0.251 e. The number of hydrogen-bond donors (Lipinski definition) is 2. The van der Waals surface area contributed by atoms with Crippen LogP contribution in [0.4, 0.5) is 0 Å². The summed E-state index contributed by atoms with van der Waals surface area (Å²) in [4.78, 5) is 37.5. The van der Waals surface area contributed by atoms with Crippen LogP contribution in [-0.2, 0) is 9.59 Å². The van der Waals surface area contributed by atoms with E-state index in [4.69, 9.17) is 9.47 Å². The quantitative estimate of drug-likeness (QED) is 0.694. The molecule has 8 heteroatoms. The van der Waals surface area contributed by atoms with Gasteiger partial charge in [0.2, 0.25) is 11.8 Å². The number of amides is 3. The average Bonchev–Trinajstić information content (AvgIpc) is 2.71. The summed E-state index contributed by atoms with van der Waals surface area (Å²) in [7, 11) is 3.08. The van der Waals surface area contributed by atoms with Gasteiger partial charge in [-0.2, -0.15) is 0 Å². The minimum atomic E-state index is -0.202. The van der Waals surface area contributed by atoms with Gasteiger partial charge >= 0.3 is 0 Å². The van der Waals surface area contributed by atoms with Crippen molar-refractivity contribution in [2.24, 2.45) is 5.92 Å². The second-order valence-electron chi connectivity index (χ2n) is 6.89. The zero-order valence-electron chi connectivity index (χ0n) is 16.7. The van der Waals surface area contributed by atoms with Crippen molar-refractivity contribution in [2.45, 2.75) is 26.2 Å². The van der Waals surface area contributed by atoms with E-state index in [1.165, 1.54) is 21.1 Å². The normalized spacial score (nSPS) is 16.2. The van der Waals surface area contributed by atoms with Gasteiger partial charge in [-0.3, -0.25) is 14.4 Å². The van der Waals surface area contributed by atoms with E-state index in [0.29, 0.717) is 43.1 Å². The van der Waals surface area contributed by atoms with Crippen molar-refractivity contribution in [1.29, 1.82) is 0 Å². The second-order valence-corrected chi connectivity index (χ2v) is 6.89. The average molecular weight is 391 g/mol. The summed E-state index contributed by atoms with van der Waals surface area (Å²) in [6.45, 7) is 3.61. The Balaban J connectivity index is 1.85. The molecular weight excluding hydrogens is 362 g/mol. The fraction of sp³-hybridized carbons (Fsp3) is 0.550. The molecule has 1 aromatic carbocycles. The lowest BCUT2D eigenvalue weighted by molar-refractivity contribution is -0.132. The van der Waals surface area contributed by atoms with Gasteiger partial charge in [-0.25, -0.2) is 0 Å². The van der Waals surface area contributed by atoms with E-state index in [1.807, 2.05) is 4.90 Å². The van der Waals surface area contributed by atoms with Gasteiger partial charge in [-0.1, -0.05) is 0 Å². The summed E-state index contributed by atoms with van der Waals surface area (Å²) < 4.78 is 10.4. The summed E-state index contributed by atoms with van der Waals surface area (Å²) in [5.74, 6) is 1.00. The van der Waals surface area contributed by atoms with Gasteiger partial charge in [-0.05, 0) is 30.9 Å². The van der Waals surface area contributed by atoms with Gasteiger partial charge in [0, 0.05) is 51.2 Å². The molecule has 0 aliphatic carbocycles. The first-order valence-corrected chi connectivity index (χ1v) is 9.46. The zero-order valence-corrected chi connectivity index (χ0v) is 16.7. The standard InChI is InChI=1S/C20H29N3O5/c1-14(24)21-7-6-19(25)23-8-4-5-15(13-23)12-22-20(26)16-9-17(27-2)11-18(10-16)28-3/h9-11,15H,4-8,12-13H2,1-3H3,(H,21,24)(H,22,26)/t15-/m0/s1. The molecule has 1 fully saturated rings. The molecule has 154 valence electrons. The molecule has 0 radical (unpaired) electrons. The molecule has 2 rings (SSSR count). The molecule has 1 atom stereocenters. The largest absolute Gasteiger partial charge is 0.497 e. The third kappa shape index (κ3) is 6.44. The Morgan fingerprint density at radius 3 is 2.39 bits per heavy atom. The predicted octanol–water partition coefficient (Wildman–Crippen LogP) is 1.20. The third-order valence-corrected chi connectivity index (χ3v) is 4.75. The van der Waals surface area contributed by atoms with Gasteiger partial charge in [-0.15, -0.1) is 0 Å². The van der Waals surface area contributed by atoms with Gasteiger partial charge in [0.15, 0.2) is 0 Å². The first-order chi connectivity index (χ1) is 13.4. The van der Waals surface area contributed by atoms with Crippen molar-refractivity contribution in [2.75, 3.05) is 40.4 Å². The molecule has 1 aliphatic heterocycles. The lowest BCUT2D eigenvalue weighted by Gasteiger charge is -2.33. The minimum Gasteiger partial charge on any atom is -0.497 e. The number of benzene rings is 1. The number of carbonyl (C=O) groups is 3. The summed E-state index contributed by atoms with van der Waals surface area (Å²) >= 11 is 0. The Bertz CT molecular complexity index is 685. The lowest BCUT2D eigenvalue weighted by atomic mass is 9.97. The Labute approximate surface area is 165 Å². The maximum absolute atomic E-state index is 12.5. The molecule has 0 unspecified atom stereocenters. The van der Waals surface area contributed by atoms with Gasteiger partial charge in [0.25, 0.3) is 5.91 Å². The van der Waals surface area contributed by atoms with Crippen molar-refractivity contribution in [1.82, 2.24) is 15.5 Å². The van der Waals surface area contributed by atoms with Crippen LogP contribution in [0.2, 0.25) is 0 Å². The fourth-order valence-corrected chi connectivity index (χ4v) is 3.24. The Hall–Kier alpha value is -2.77. The minimum absolute atomic E-state index is 0.0299. The molecular formula is C20H29N3O5. The molecule has 3 amide bonds. The van der Waals surface area contributed by atoms with Crippen molar-refractivity contribution in [3.8, 4) is 11.5 Å². The molecule has 0 aromatic heterocycles. The third-order valence-electron chi connectivity index (χ3n) is 4.75. The number of nitrogens with zero attached hydrogens (tertiary/aromatic N) is 1. The van der Waals surface area contributed by atoms with E-state index in [1.54, 1.807) is 18.2 Å². The highest BCUT2D eigenvalue weighted by Crippen LogP contribution is 2.23. The van der Waals surface area contributed by atoms with E-state index < -0.39 is 0 Å². The fourth-order valence-electron chi connectivity index (χ4n) is 3.24. The number of piperidine rings is 1. The van der Waals surface area contributed by atoms with Crippen LogP contribution >= 0.6 is 0 Å². The number of rotatable bonds is 8. The highest BCUT2D eigenvalue weighted by molar-refractivity contribution is 5.95. The van der Waals surface area contributed by atoms with Crippen molar-refractivity contribution in [3.05, 3.63) is 23.8 Å². The molecule has 1 heterocycles. The molecule has 8 nitrogen and oxygen atoms in total. The van der Waals surface area contributed by atoms with Crippen LogP contribution in [0.25, 0.3) is 0 Å². The van der Waals surface area contributed by atoms with Crippen LogP contribution < -0.4 is 20.1 Å². The van der Waals surface area contributed by atoms with E-state index in [0.717, 1.165) is 19.4 Å². The SMILES string of the molecule is COc1cc(OC)cc(C(=O)NC[C@@H]2CCCN(C(=O)CCNC(C)=O)C2)c1. The number of methoxy groups -OCH3 is 2. The maximum Gasteiger partial charge on any atom is 0.251 e. The number of likely N-dealkylation sites (tertiary alicyclic amines) is 1. The molecule has 1 saturated heterocycles. The van der Waals surface area contributed by atoms with E-state index in [-0.39, 0.29) is 23.6 Å². The summed E-state index contributed by atoms with van der Waals surface area (Å²) in [5, 5.41) is 5.58. The molecule has 28 heavy (non-hydrogen) atoms. The summed E-state index contributed by atoms with van der Waals surface area (Å²) in [5.41, 5.74) is 0.468. The van der Waals surface area contributed by atoms with Crippen LogP contribution in [-0.4, -0.2) is 63.0 Å². The number of nitrogens with one attached hydrogen (secondary N) is 2. The molecule has 2 N–H and O–H groups in total. The zero-order chi connectivity index (χ0) is 20.5. The molecule has 0 saturated carbocycles. The summed E-state index contributed by atoms with van der Waals surface area (Å²) in [6, 6.07) is 5.04. The number of ether oxygens (including phenoxy) is 2. The van der Waals surface area contributed by atoms with Gasteiger partial charge < -0.3 is 25.0 Å². The highest BCUT2D eigenvalue weighted by atomic mass is 16.5. The number of carbonyl (C=O) groups excluding carboxylic acids is 3. The van der Waals surface area contributed by atoms with E-state index >= 15 is 0 Å². The molecule has 0 bridgehead atoms. The van der Waals surface area contributed by atoms with Crippen LogP contribution in [0.5, 0.6) is 11.5 Å². The van der Waals surface area contributed by atoms with Crippen molar-refractivity contribution >= 4 is 17.7 Å². The maximum atomic E-state index is 12.5. The Morgan fingerprint density at radius 2 is 1.79 bits per heavy atom. The van der Waals surface area contributed by atoms with Gasteiger partial charge in [0.1, 0.15) is 11.5 Å². The van der Waals surface area contributed by atoms with E-state index in [2.05, 4.69) is 10.6 Å². The number of hydrogen-bond acceptors (Lipinski definition) is 5. The van der Waals surface area contributed by atoms with Gasteiger partial charge in [0.05, 0.1) is 14.2 Å². The highest BCUT2D eigenvalue weighted by Gasteiger charge is 2.24. The van der Waals surface area contributed by atoms with Crippen molar-refractivity contribution in [3.63, 3.8) is 0 Å². The molecule has 1 aromatic rings. The second kappa shape index (κ2) is 10.5. The molecule has 1 aliphatic rings. The topological polar surface area (TPSA) is 97.0 Å². The lowest BCUT2D eigenvalue weighted by Crippen LogP contribution is -2.44. The van der Waals surface area contributed by atoms with Crippen LogP contribution in [0, 0.1) is 5.92 Å². The van der Waals surface area contributed by atoms with Crippen molar-refractivity contribution < 1.29 is 23.9 Å². The van der Waals surface area contributed by atoms with E-state index in [9.17, 15) is 14.4 Å². The van der Waals surface area contributed by atoms with Crippen LogP contribution in [0.1, 0.15) is 36.5 Å². The predicted molar refractivity (Wildman–Crippen MR) is 104 cm³/mol. The Kier molecular flexibility index (Phi) is 8.10. The summed E-state index contributed by atoms with van der Waals surface area (Å²) in [6.07, 6.45) is 2.15. The van der Waals surface area contributed by atoms with Crippen LogP contribution in [0.3, 0.4) is 0 Å². The monoisotopic (exact) mass is 391 g/mol. The van der Waals surface area contributed by atoms with Crippen LogP contribution in [0.15, 0.2) is 18.2 Å². The molecule has 0 spiro atoms. The Morgan fingerprint density at radius 1 is 1.11 bits per heavy atom. The first kappa shape index (κ1) is 21.5. The first-order valence-electron chi connectivity index (χ1n) is 9.46.